The smallest absolute Gasteiger partial charge is 0.217 e. The quantitative estimate of drug-likeness (QED) is 0.202. The van der Waals surface area contributed by atoms with E-state index < -0.39 is 86.3 Å². The molecule has 2 heterocycles. The van der Waals surface area contributed by atoms with Crippen molar-refractivity contribution in [3.05, 3.63) is 0 Å². The molecule has 13 heteroatoms. The number of nitrogens with one attached hydrogen (secondary N) is 2. The van der Waals surface area contributed by atoms with Gasteiger partial charge in [-0.25, -0.2) is 0 Å². The molecule has 13 nitrogen and oxygen atoms in total. The largest absolute Gasteiger partial charge is 0.394 e. The minimum Gasteiger partial charge on any atom is -0.394 e. The van der Waals surface area contributed by atoms with Crippen molar-refractivity contribution in [2.75, 3.05) is 13.2 Å². The fraction of sp³-hybridized carbons (Fsp3) is 0.875. The summed E-state index contributed by atoms with van der Waals surface area (Å²) in [6.07, 6.45) is -11.8. The summed E-state index contributed by atoms with van der Waals surface area (Å²) in [5, 5.41) is 64.5. The summed E-state index contributed by atoms with van der Waals surface area (Å²) in [4.78, 5) is 23.0. The van der Waals surface area contributed by atoms with Gasteiger partial charge < -0.3 is 55.5 Å². The molecular weight excluding hydrogens is 396 g/mol. The summed E-state index contributed by atoms with van der Waals surface area (Å²) in [5.74, 6) is -1.16. The third kappa shape index (κ3) is 5.39. The monoisotopic (exact) mass is 424 g/mol. The highest BCUT2D eigenvalue weighted by molar-refractivity contribution is 5.73. The molecule has 8 N–H and O–H groups in total. The van der Waals surface area contributed by atoms with E-state index >= 15 is 0 Å². The maximum atomic E-state index is 11.5. The number of ether oxygens (including phenoxy) is 3. The predicted octanol–water partition coefficient (Wildman–Crippen LogP) is -5.11. The first kappa shape index (κ1) is 23.9. The molecule has 2 amide bonds. The van der Waals surface area contributed by atoms with Crippen molar-refractivity contribution in [1.82, 2.24) is 10.6 Å². The van der Waals surface area contributed by atoms with Crippen LogP contribution in [-0.2, 0) is 23.8 Å². The molecule has 0 radical (unpaired) electrons. The van der Waals surface area contributed by atoms with Gasteiger partial charge in [0, 0.05) is 13.8 Å². The lowest BCUT2D eigenvalue weighted by Gasteiger charge is -2.47. The molecule has 168 valence electrons. The molecule has 0 bridgehead atoms. The highest BCUT2D eigenvalue weighted by atomic mass is 16.7. The van der Waals surface area contributed by atoms with Crippen molar-refractivity contribution >= 4 is 11.8 Å². The Morgan fingerprint density at radius 2 is 1.34 bits per heavy atom. The van der Waals surface area contributed by atoms with Crippen LogP contribution in [0.15, 0.2) is 0 Å². The van der Waals surface area contributed by atoms with Crippen LogP contribution in [-0.4, -0.2) is 117 Å². The van der Waals surface area contributed by atoms with Crippen LogP contribution < -0.4 is 10.6 Å². The van der Waals surface area contributed by atoms with Crippen molar-refractivity contribution in [2.24, 2.45) is 0 Å². The summed E-state index contributed by atoms with van der Waals surface area (Å²) >= 11 is 0. The van der Waals surface area contributed by atoms with Crippen LogP contribution in [0.4, 0.5) is 0 Å². The van der Waals surface area contributed by atoms with Gasteiger partial charge in [0.2, 0.25) is 11.8 Å². The Hall–Kier alpha value is -1.42. The molecule has 2 fully saturated rings. The summed E-state index contributed by atoms with van der Waals surface area (Å²) in [5.41, 5.74) is 0. The van der Waals surface area contributed by atoms with Crippen LogP contribution in [0.2, 0.25) is 0 Å². The van der Waals surface area contributed by atoms with E-state index in [1.54, 1.807) is 0 Å². The zero-order valence-electron chi connectivity index (χ0n) is 15.9. The number of aliphatic hydroxyl groups excluding tert-OH is 6. The molecule has 2 rings (SSSR count). The van der Waals surface area contributed by atoms with Gasteiger partial charge in [-0.1, -0.05) is 0 Å². The second kappa shape index (κ2) is 10.1. The van der Waals surface area contributed by atoms with Gasteiger partial charge in [-0.05, 0) is 0 Å². The normalized spacial score (nSPS) is 42.9. The molecular formula is C16H28N2O11. The van der Waals surface area contributed by atoms with Crippen molar-refractivity contribution < 1.29 is 54.4 Å². The van der Waals surface area contributed by atoms with Crippen LogP contribution in [0.1, 0.15) is 13.8 Å². The predicted molar refractivity (Wildman–Crippen MR) is 91.8 cm³/mol. The number of carbonyl (C=O) groups excluding carboxylic acids is 2. The molecule has 0 saturated carbocycles. The molecule has 2 aliphatic rings. The molecule has 0 aliphatic carbocycles. The number of aliphatic hydroxyl groups is 6. The minimum atomic E-state index is -1.66. The first-order chi connectivity index (χ1) is 13.6. The van der Waals surface area contributed by atoms with Gasteiger partial charge in [-0.15, -0.1) is 0 Å². The first-order valence-electron chi connectivity index (χ1n) is 9.05. The average molecular weight is 424 g/mol. The van der Waals surface area contributed by atoms with E-state index in [4.69, 9.17) is 14.2 Å². The third-order valence-electron chi connectivity index (χ3n) is 4.78. The number of amides is 2. The molecule has 10 atom stereocenters. The fourth-order valence-corrected chi connectivity index (χ4v) is 3.38. The van der Waals surface area contributed by atoms with E-state index in [1.807, 2.05) is 0 Å². The van der Waals surface area contributed by atoms with Crippen LogP contribution in [0.5, 0.6) is 0 Å². The average Bonchev–Trinajstić information content (AvgIpc) is 2.65. The summed E-state index contributed by atoms with van der Waals surface area (Å²) in [6, 6.07) is -2.59. The van der Waals surface area contributed by atoms with E-state index in [0.29, 0.717) is 0 Å². The van der Waals surface area contributed by atoms with Gasteiger partial charge >= 0.3 is 0 Å². The second-order valence-electron chi connectivity index (χ2n) is 7.00. The Balaban J connectivity index is 2.31. The van der Waals surface area contributed by atoms with Crippen LogP contribution in [0.25, 0.3) is 0 Å². The highest BCUT2D eigenvalue weighted by Gasteiger charge is 2.51. The summed E-state index contributed by atoms with van der Waals surface area (Å²) < 4.78 is 16.2. The van der Waals surface area contributed by atoms with E-state index in [9.17, 15) is 40.2 Å². The zero-order valence-corrected chi connectivity index (χ0v) is 15.9. The molecule has 2 saturated heterocycles. The Bertz CT molecular complexity index is 579. The highest BCUT2D eigenvalue weighted by Crippen LogP contribution is 2.28. The minimum absolute atomic E-state index is 0.576. The van der Waals surface area contributed by atoms with E-state index in [2.05, 4.69) is 10.6 Å². The zero-order chi connectivity index (χ0) is 21.9. The third-order valence-corrected chi connectivity index (χ3v) is 4.78. The maximum absolute atomic E-state index is 11.5. The Morgan fingerprint density at radius 1 is 0.828 bits per heavy atom. The van der Waals surface area contributed by atoms with Gasteiger partial charge in [0.15, 0.2) is 12.6 Å². The molecule has 0 unspecified atom stereocenters. The standard InChI is InChI=1S/C16H28N2O11/c1-5(21)17-9-13(25)11(23)7(3-19)28-16(9)29-14-10(18-6(2)22)15(26)27-8(4-20)12(14)24/h7-16,19-20,23-26H,3-4H2,1-2H3,(H,17,21)(H,18,22)/t7-,8-,9-,10-,11+,12-,13-,14-,15-,16+/m1/s1. The SMILES string of the molecule is CC(=O)N[C@@H]1[C@@H](O[C@@H]2O[C@H](CO)[C@H](O)[C@H](O)[C@H]2NC(C)=O)[C@H](O)[C@@H](CO)O[C@H]1O. The number of rotatable bonds is 6. The molecule has 0 aromatic rings. The lowest BCUT2D eigenvalue weighted by molar-refractivity contribution is -0.323. The molecule has 2 aliphatic heterocycles. The molecule has 0 aromatic heterocycles. The first-order valence-corrected chi connectivity index (χ1v) is 9.05. The van der Waals surface area contributed by atoms with Crippen molar-refractivity contribution in [3.8, 4) is 0 Å². The molecule has 0 aromatic carbocycles. The van der Waals surface area contributed by atoms with Crippen LogP contribution >= 0.6 is 0 Å². The number of hydrogen-bond donors (Lipinski definition) is 8. The number of hydrogen-bond acceptors (Lipinski definition) is 11. The van der Waals surface area contributed by atoms with Gasteiger partial charge in [-0.3, -0.25) is 9.59 Å². The lowest BCUT2D eigenvalue weighted by Crippen LogP contribution is -2.69. The van der Waals surface area contributed by atoms with Crippen LogP contribution in [0, 0.1) is 0 Å². The molecule has 29 heavy (non-hydrogen) atoms. The molecule has 0 spiro atoms. The Labute approximate surface area is 166 Å². The van der Waals surface area contributed by atoms with Gasteiger partial charge in [-0.2, -0.15) is 0 Å². The van der Waals surface area contributed by atoms with E-state index in [1.165, 1.54) is 0 Å². The Morgan fingerprint density at radius 3 is 1.86 bits per heavy atom. The van der Waals surface area contributed by atoms with Crippen molar-refractivity contribution in [3.63, 3.8) is 0 Å². The van der Waals surface area contributed by atoms with Gasteiger partial charge in [0.1, 0.15) is 48.7 Å². The van der Waals surface area contributed by atoms with E-state index in [0.717, 1.165) is 13.8 Å². The van der Waals surface area contributed by atoms with E-state index in [-0.39, 0.29) is 0 Å². The van der Waals surface area contributed by atoms with Gasteiger partial charge in [0.05, 0.1) is 13.2 Å². The second-order valence-corrected chi connectivity index (χ2v) is 7.00. The van der Waals surface area contributed by atoms with Crippen molar-refractivity contribution in [1.29, 1.82) is 0 Å². The van der Waals surface area contributed by atoms with Crippen LogP contribution in [0.3, 0.4) is 0 Å². The van der Waals surface area contributed by atoms with Crippen molar-refractivity contribution in [2.45, 2.75) is 75.1 Å². The number of carbonyl (C=O) groups is 2. The summed E-state index contributed by atoms with van der Waals surface area (Å²) in [6.45, 7) is 0.959. The fourth-order valence-electron chi connectivity index (χ4n) is 3.38. The Kier molecular flexibility index (Phi) is 8.28. The lowest BCUT2D eigenvalue weighted by atomic mass is 9.94. The summed E-state index contributed by atoms with van der Waals surface area (Å²) in [7, 11) is 0. The topological polar surface area (TPSA) is 207 Å². The van der Waals surface area contributed by atoms with Gasteiger partial charge in [0.25, 0.3) is 0 Å². The maximum Gasteiger partial charge on any atom is 0.217 e.